The second kappa shape index (κ2) is 16.1. The SMILES string of the molecule is CC(c1ccc(O)c(CC(=O)CCCCCN2C(=O)C=CC2=O)c1)(c1ccc(O)c(CC(=O)CCCCCN2C(=O)C=CC2=O)c1)C(F)(F)F. The molecule has 2 aliphatic heterocycles. The van der Waals surface area contributed by atoms with Crippen LogP contribution in [-0.2, 0) is 47.0 Å². The van der Waals surface area contributed by atoms with Gasteiger partial charge in [0.05, 0.1) is 0 Å². The van der Waals surface area contributed by atoms with Gasteiger partial charge < -0.3 is 10.2 Å². The zero-order chi connectivity index (χ0) is 36.6. The number of benzene rings is 2. The number of aromatic hydroxyl groups is 2. The molecule has 0 spiro atoms. The number of Topliss-reactive ketones (excluding diaryl/α,β-unsaturated/α-hetero) is 2. The number of rotatable bonds is 18. The fraction of sp³-hybridized carbons (Fsp3) is 0.405. The summed E-state index contributed by atoms with van der Waals surface area (Å²) < 4.78 is 44.7. The van der Waals surface area contributed by atoms with Gasteiger partial charge in [-0.25, -0.2) is 0 Å². The van der Waals surface area contributed by atoms with Crippen molar-refractivity contribution >= 4 is 35.2 Å². The highest BCUT2D eigenvalue weighted by atomic mass is 19.4. The van der Waals surface area contributed by atoms with Crippen LogP contribution in [0.1, 0.15) is 80.5 Å². The summed E-state index contributed by atoms with van der Waals surface area (Å²) in [7, 11) is 0. The Morgan fingerprint density at radius 1 is 0.600 bits per heavy atom. The largest absolute Gasteiger partial charge is 0.508 e. The molecule has 13 heteroatoms. The van der Waals surface area contributed by atoms with Gasteiger partial charge in [0.2, 0.25) is 0 Å². The molecule has 50 heavy (non-hydrogen) atoms. The van der Waals surface area contributed by atoms with Gasteiger partial charge in [-0.15, -0.1) is 0 Å². The number of carbonyl (C=O) groups excluding carboxylic acids is 6. The molecule has 2 aliphatic rings. The molecule has 2 aromatic carbocycles. The van der Waals surface area contributed by atoms with E-state index < -0.39 is 11.6 Å². The number of phenolic OH excluding ortho intramolecular Hbond substituents is 2. The molecule has 0 saturated carbocycles. The normalized spacial score (nSPS) is 14.8. The Morgan fingerprint density at radius 2 is 0.960 bits per heavy atom. The minimum Gasteiger partial charge on any atom is -0.508 e. The quantitative estimate of drug-likeness (QED) is 0.160. The molecule has 0 aliphatic carbocycles. The molecule has 2 N–H and O–H groups in total. The van der Waals surface area contributed by atoms with Crippen molar-refractivity contribution in [1.82, 2.24) is 9.80 Å². The molecule has 10 nitrogen and oxygen atoms in total. The van der Waals surface area contributed by atoms with E-state index in [0.717, 1.165) is 53.1 Å². The van der Waals surface area contributed by atoms with Crippen molar-refractivity contribution < 1.29 is 52.2 Å². The smallest absolute Gasteiger partial charge is 0.402 e. The number of amides is 4. The molecule has 266 valence electrons. The van der Waals surface area contributed by atoms with Crippen LogP contribution in [0.2, 0.25) is 0 Å². The second-order valence-electron chi connectivity index (χ2n) is 12.7. The lowest BCUT2D eigenvalue weighted by Gasteiger charge is -2.34. The van der Waals surface area contributed by atoms with Gasteiger partial charge in [0.25, 0.3) is 23.6 Å². The number of alkyl halides is 3. The topological polar surface area (TPSA) is 149 Å². The Bertz CT molecular complexity index is 1580. The molecular formula is C37H39F3N2O8. The van der Waals surface area contributed by atoms with E-state index >= 15 is 0 Å². The van der Waals surface area contributed by atoms with Crippen LogP contribution in [0.15, 0.2) is 60.7 Å². The van der Waals surface area contributed by atoms with Crippen LogP contribution in [0.4, 0.5) is 13.2 Å². The van der Waals surface area contributed by atoms with Gasteiger partial charge in [-0.05, 0) is 55.9 Å². The lowest BCUT2D eigenvalue weighted by Crippen LogP contribution is -2.40. The fourth-order valence-electron chi connectivity index (χ4n) is 6.01. The van der Waals surface area contributed by atoms with Crippen molar-refractivity contribution in [1.29, 1.82) is 0 Å². The molecule has 2 heterocycles. The third-order valence-electron chi connectivity index (χ3n) is 9.13. The highest BCUT2D eigenvalue weighted by molar-refractivity contribution is 6.13. The first-order valence-corrected chi connectivity index (χ1v) is 16.4. The fourth-order valence-corrected chi connectivity index (χ4v) is 6.01. The van der Waals surface area contributed by atoms with Crippen LogP contribution in [0.3, 0.4) is 0 Å². The summed E-state index contributed by atoms with van der Waals surface area (Å²) in [5, 5.41) is 20.9. The predicted molar refractivity (Wildman–Crippen MR) is 175 cm³/mol. The molecule has 0 fully saturated rings. The van der Waals surface area contributed by atoms with E-state index in [9.17, 15) is 52.2 Å². The first-order valence-electron chi connectivity index (χ1n) is 16.4. The standard InChI is InChI=1S/C37H39F3N2O8/c1-36(37(38,39)40,26-10-12-30(45)24(20-26)22-28(43)8-4-2-6-18-41-32(47)14-15-33(41)48)27-11-13-31(46)25(21-27)23-29(44)9-5-3-7-19-42-34(49)16-17-35(42)50/h10-17,20-21,45-46H,2-9,18-19,22-23H2,1H3. The van der Waals surface area contributed by atoms with E-state index in [0.29, 0.717) is 38.5 Å². The van der Waals surface area contributed by atoms with Crippen LogP contribution >= 0.6 is 0 Å². The number of hydrogen-bond donors (Lipinski definition) is 2. The first-order chi connectivity index (χ1) is 23.6. The van der Waals surface area contributed by atoms with E-state index in [1.807, 2.05) is 0 Å². The summed E-state index contributed by atoms with van der Waals surface area (Å²) in [6, 6.07) is 6.77. The lowest BCUT2D eigenvalue weighted by molar-refractivity contribution is -0.173. The van der Waals surface area contributed by atoms with Crippen molar-refractivity contribution in [2.45, 2.75) is 82.7 Å². The minimum absolute atomic E-state index is 0.0196. The Hall–Kier alpha value is -5.07. The Morgan fingerprint density at radius 3 is 1.30 bits per heavy atom. The maximum absolute atomic E-state index is 14.9. The van der Waals surface area contributed by atoms with Crippen molar-refractivity contribution in [3.05, 3.63) is 83.0 Å². The van der Waals surface area contributed by atoms with Crippen molar-refractivity contribution in [2.24, 2.45) is 0 Å². The van der Waals surface area contributed by atoms with Gasteiger partial charge >= 0.3 is 6.18 Å². The van der Waals surface area contributed by atoms with E-state index in [4.69, 9.17) is 0 Å². The molecule has 4 rings (SSSR count). The maximum Gasteiger partial charge on any atom is 0.402 e. The number of nitrogens with zero attached hydrogens (tertiary/aromatic N) is 2. The van der Waals surface area contributed by atoms with Crippen molar-refractivity contribution in [3.63, 3.8) is 0 Å². The zero-order valence-corrected chi connectivity index (χ0v) is 27.6. The summed E-state index contributed by atoms with van der Waals surface area (Å²) in [6.45, 7) is 1.39. The molecule has 0 bridgehead atoms. The van der Waals surface area contributed by atoms with Gasteiger partial charge in [-0.1, -0.05) is 37.1 Å². The second-order valence-corrected chi connectivity index (χ2v) is 12.7. The number of hydrogen-bond acceptors (Lipinski definition) is 8. The van der Waals surface area contributed by atoms with Crippen LogP contribution in [-0.4, -0.2) is 74.5 Å². The number of phenols is 2. The van der Waals surface area contributed by atoms with E-state index in [-0.39, 0.29) is 108 Å². The third-order valence-corrected chi connectivity index (χ3v) is 9.13. The van der Waals surface area contributed by atoms with Crippen LogP contribution in [0, 0.1) is 0 Å². The minimum atomic E-state index is -4.86. The zero-order valence-electron chi connectivity index (χ0n) is 27.6. The van der Waals surface area contributed by atoms with Gasteiger partial charge in [0.15, 0.2) is 0 Å². The van der Waals surface area contributed by atoms with Gasteiger partial charge in [-0.2, -0.15) is 13.2 Å². The molecule has 0 radical (unpaired) electrons. The molecule has 0 aromatic heterocycles. The van der Waals surface area contributed by atoms with Crippen LogP contribution in [0.25, 0.3) is 0 Å². The number of halogens is 3. The van der Waals surface area contributed by atoms with Crippen LogP contribution in [0.5, 0.6) is 11.5 Å². The molecule has 0 saturated heterocycles. The number of ketones is 2. The molecular weight excluding hydrogens is 657 g/mol. The van der Waals surface area contributed by atoms with Gasteiger partial charge in [0.1, 0.15) is 28.5 Å². The predicted octanol–water partition coefficient (Wildman–Crippen LogP) is 5.16. The summed E-state index contributed by atoms with van der Waals surface area (Å²) >= 11 is 0. The number of unbranched alkanes of at least 4 members (excludes halogenated alkanes) is 4. The Kier molecular flexibility index (Phi) is 12.1. The highest BCUT2D eigenvalue weighted by Gasteiger charge is 2.53. The van der Waals surface area contributed by atoms with Gasteiger partial charge in [-0.3, -0.25) is 38.6 Å². The lowest BCUT2D eigenvalue weighted by atomic mass is 9.74. The molecule has 2 aromatic rings. The molecule has 0 unspecified atom stereocenters. The summed E-state index contributed by atoms with van der Waals surface area (Å²) in [4.78, 5) is 74.3. The molecule has 4 amide bonds. The van der Waals surface area contributed by atoms with E-state index in [1.54, 1.807) is 0 Å². The number of imide groups is 2. The average molecular weight is 697 g/mol. The van der Waals surface area contributed by atoms with Crippen LogP contribution < -0.4 is 0 Å². The highest BCUT2D eigenvalue weighted by Crippen LogP contribution is 2.47. The summed E-state index contributed by atoms with van der Waals surface area (Å²) in [5.41, 5.74) is -3.08. The summed E-state index contributed by atoms with van der Waals surface area (Å²) in [5.74, 6) is -2.84. The average Bonchev–Trinajstić information content (AvgIpc) is 3.55. The van der Waals surface area contributed by atoms with Crippen molar-refractivity contribution in [3.8, 4) is 11.5 Å². The molecule has 0 atom stereocenters. The monoisotopic (exact) mass is 696 g/mol. The summed E-state index contributed by atoms with van der Waals surface area (Å²) in [6.07, 6.45) is 2.36. The maximum atomic E-state index is 14.9. The third kappa shape index (κ3) is 8.93. The first kappa shape index (κ1) is 37.7. The van der Waals surface area contributed by atoms with E-state index in [2.05, 4.69) is 0 Å². The van der Waals surface area contributed by atoms with Gasteiger partial charge in [0, 0.05) is 74.2 Å². The number of carbonyl (C=O) groups is 6. The Balaban J connectivity index is 1.38. The van der Waals surface area contributed by atoms with E-state index in [1.165, 1.54) is 24.3 Å². The Labute approximate surface area is 287 Å². The van der Waals surface area contributed by atoms with Crippen molar-refractivity contribution in [2.75, 3.05) is 13.1 Å².